The molecule has 17 heteroatoms. The van der Waals surface area contributed by atoms with Gasteiger partial charge < -0.3 is 4.74 Å². The predicted octanol–water partition coefficient (Wildman–Crippen LogP) is 7.22. The second-order valence-electron chi connectivity index (χ2n) is 9.34. The highest BCUT2D eigenvalue weighted by Gasteiger charge is 2.88. The van der Waals surface area contributed by atoms with Crippen LogP contribution in [-0.4, -0.2) is 54.3 Å². The van der Waals surface area contributed by atoms with Crippen molar-refractivity contribution in [2.24, 2.45) is 29.6 Å². The number of rotatable bonds is 9. The summed E-state index contributed by atoms with van der Waals surface area (Å²) in [6.45, 7) is 0.918. The molecule has 2 rings (SSSR count). The zero-order valence-corrected chi connectivity index (χ0v) is 18.2. The number of hydrogen-bond donors (Lipinski definition) is 0. The number of fused-ring (bicyclic) bond motifs is 2. The van der Waals surface area contributed by atoms with Crippen molar-refractivity contribution in [3.8, 4) is 0 Å². The SMILES string of the molecule is CC1C2CC(C(=O)OCC(F)(F)C(F)(F)CC(F)(F)C(F)(F)C(F)(F)C(F)(F)C(F)(F)F)C(C2)C1C. The molecule has 0 amide bonds. The fraction of sp³-hybridized carbons (Fsp3) is 0.947. The molecule has 0 spiro atoms. The van der Waals surface area contributed by atoms with E-state index in [0.29, 0.717) is 6.42 Å². The molecule has 2 fully saturated rings. The number of halogens is 15. The topological polar surface area (TPSA) is 26.3 Å². The van der Waals surface area contributed by atoms with Crippen LogP contribution < -0.4 is 0 Å². The lowest BCUT2D eigenvalue weighted by Crippen LogP contribution is -2.67. The Labute approximate surface area is 193 Å². The Morgan fingerprint density at radius 2 is 1.17 bits per heavy atom. The molecule has 0 aromatic carbocycles. The lowest BCUT2D eigenvalue weighted by molar-refractivity contribution is -0.427. The van der Waals surface area contributed by atoms with Gasteiger partial charge in [-0.1, -0.05) is 13.8 Å². The summed E-state index contributed by atoms with van der Waals surface area (Å²) in [4.78, 5) is 12.1. The summed E-state index contributed by atoms with van der Waals surface area (Å²) in [7, 11) is 0. The highest BCUT2D eigenvalue weighted by atomic mass is 19.4. The minimum absolute atomic E-state index is 0.0121. The molecule has 36 heavy (non-hydrogen) atoms. The highest BCUT2D eigenvalue weighted by Crippen LogP contribution is 2.60. The first-order chi connectivity index (χ1) is 15.8. The van der Waals surface area contributed by atoms with Crippen molar-refractivity contribution in [2.75, 3.05) is 6.61 Å². The molecule has 0 aliphatic heterocycles. The molecule has 0 aromatic heterocycles. The maximum absolute atomic E-state index is 13.9. The summed E-state index contributed by atoms with van der Waals surface area (Å²) >= 11 is 0. The van der Waals surface area contributed by atoms with Crippen LogP contribution in [0.2, 0.25) is 0 Å². The van der Waals surface area contributed by atoms with Crippen LogP contribution in [0.25, 0.3) is 0 Å². The molecule has 0 N–H and O–H groups in total. The number of hydrogen-bond acceptors (Lipinski definition) is 2. The molecule has 212 valence electrons. The van der Waals surface area contributed by atoms with E-state index >= 15 is 0 Å². The second kappa shape index (κ2) is 8.73. The number of carbonyl (C=O) groups excluding carboxylic acids is 1. The van der Waals surface area contributed by atoms with Gasteiger partial charge in [0.25, 0.3) is 0 Å². The van der Waals surface area contributed by atoms with Crippen LogP contribution in [0.5, 0.6) is 0 Å². The van der Waals surface area contributed by atoms with Crippen LogP contribution in [0, 0.1) is 29.6 Å². The second-order valence-corrected chi connectivity index (χ2v) is 9.34. The van der Waals surface area contributed by atoms with Crippen LogP contribution >= 0.6 is 0 Å². The van der Waals surface area contributed by atoms with Crippen molar-refractivity contribution in [3.05, 3.63) is 0 Å². The third kappa shape index (κ3) is 4.60. The Bertz CT molecular complexity index is 833. The number of alkyl halides is 15. The van der Waals surface area contributed by atoms with Gasteiger partial charge in [0, 0.05) is 0 Å². The van der Waals surface area contributed by atoms with Gasteiger partial charge >= 0.3 is 47.7 Å². The van der Waals surface area contributed by atoms with E-state index in [2.05, 4.69) is 4.74 Å². The summed E-state index contributed by atoms with van der Waals surface area (Å²) in [6.07, 6.45) is -11.2. The molecule has 0 saturated heterocycles. The molecule has 0 aromatic rings. The van der Waals surface area contributed by atoms with Gasteiger partial charge in [0.2, 0.25) is 0 Å². The van der Waals surface area contributed by atoms with Gasteiger partial charge in [-0.3, -0.25) is 4.79 Å². The summed E-state index contributed by atoms with van der Waals surface area (Å²) < 4.78 is 202. The minimum Gasteiger partial charge on any atom is -0.459 e. The van der Waals surface area contributed by atoms with E-state index in [1.54, 1.807) is 6.92 Å². The van der Waals surface area contributed by atoms with E-state index in [1.165, 1.54) is 0 Å². The zero-order chi connectivity index (χ0) is 28.5. The number of ether oxygens (including phenoxy) is 1. The van der Waals surface area contributed by atoms with Crippen LogP contribution in [0.1, 0.15) is 33.1 Å². The largest absolute Gasteiger partial charge is 0.460 e. The van der Waals surface area contributed by atoms with E-state index < -0.39 is 66.6 Å². The first-order valence-electron chi connectivity index (χ1n) is 10.3. The molecule has 0 radical (unpaired) electrons. The Balaban J connectivity index is 2.17. The first kappa shape index (κ1) is 30.6. The van der Waals surface area contributed by atoms with Gasteiger partial charge in [0.15, 0.2) is 6.61 Å². The van der Waals surface area contributed by atoms with Crippen LogP contribution in [0.15, 0.2) is 0 Å². The Kier molecular flexibility index (Phi) is 7.43. The fourth-order valence-corrected chi connectivity index (χ4v) is 4.71. The van der Waals surface area contributed by atoms with Crippen molar-refractivity contribution in [3.63, 3.8) is 0 Å². The van der Waals surface area contributed by atoms with E-state index in [0.717, 1.165) is 0 Å². The van der Waals surface area contributed by atoms with Gasteiger partial charge in [-0.25, -0.2) is 0 Å². The minimum atomic E-state index is -8.02. The normalized spacial score (nSPS) is 28.5. The van der Waals surface area contributed by atoms with Crippen LogP contribution in [-0.2, 0) is 9.53 Å². The lowest BCUT2D eigenvalue weighted by atomic mass is 9.76. The lowest BCUT2D eigenvalue weighted by Gasteiger charge is -2.39. The molecule has 5 unspecified atom stereocenters. The highest BCUT2D eigenvalue weighted by molar-refractivity contribution is 5.73. The van der Waals surface area contributed by atoms with Crippen molar-refractivity contribution < 1.29 is 75.4 Å². The molecule has 2 saturated carbocycles. The molecular formula is C19H19F15O2. The Morgan fingerprint density at radius 1 is 0.667 bits per heavy atom. The number of carbonyl (C=O) groups is 1. The molecule has 5 atom stereocenters. The molecule has 0 heterocycles. The van der Waals surface area contributed by atoms with Gasteiger partial charge in [-0.05, 0) is 36.5 Å². The van der Waals surface area contributed by atoms with Crippen molar-refractivity contribution in [2.45, 2.75) is 74.8 Å². The quantitative estimate of drug-likeness (QED) is 0.218. The maximum Gasteiger partial charge on any atom is 0.460 e. The smallest absolute Gasteiger partial charge is 0.459 e. The molecule has 2 bridgehead atoms. The van der Waals surface area contributed by atoms with Gasteiger partial charge in [0.05, 0.1) is 12.3 Å². The zero-order valence-electron chi connectivity index (χ0n) is 18.2. The number of esters is 1. The average Bonchev–Trinajstić information content (AvgIpc) is 3.24. The van der Waals surface area contributed by atoms with E-state index in [-0.39, 0.29) is 30.1 Å². The van der Waals surface area contributed by atoms with E-state index in [4.69, 9.17) is 0 Å². The molecule has 2 nitrogen and oxygen atoms in total. The van der Waals surface area contributed by atoms with Crippen molar-refractivity contribution in [1.29, 1.82) is 0 Å². The van der Waals surface area contributed by atoms with E-state index in [1.807, 2.05) is 6.92 Å². The molecule has 2 aliphatic carbocycles. The summed E-state index contributed by atoms with van der Waals surface area (Å²) in [6, 6.07) is 0. The maximum atomic E-state index is 13.9. The van der Waals surface area contributed by atoms with Crippen LogP contribution in [0.3, 0.4) is 0 Å². The van der Waals surface area contributed by atoms with Crippen LogP contribution in [0.4, 0.5) is 65.9 Å². The van der Waals surface area contributed by atoms with Gasteiger partial charge in [0.1, 0.15) is 0 Å². The fourth-order valence-electron chi connectivity index (χ4n) is 4.71. The van der Waals surface area contributed by atoms with Gasteiger partial charge in [-0.2, -0.15) is 65.9 Å². The summed E-state index contributed by atoms with van der Waals surface area (Å²) in [5.74, 6) is -46.0. The third-order valence-electron chi connectivity index (χ3n) is 7.18. The Morgan fingerprint density at radius 3 is 1.58 bits per heavy atom. The Hall–Kier alpha value is -1.58. The monoisotopic (exact) mass is 564 g/mol. The summed E-state index contributed by atoms with van der Waals surface area (Å²) in [5.41, 5.74) is 0. The molecular weight excluding hydrogens is 545 g/mol. The standard InChI is InChI=1S/C19H19F15O2/c1-7-8(2)10-3-9(7)4-11(10)12(35)36-6-15(24,25)13(20,21)5-14(22,23)16(26,27)17(28,29)18(30,31)19(32,33)34/h7-11H,3-6H2,1-2H3. The summed E-state index contributed by atoms with van der Waals surface area (Å²) in [5, 5.41) is 0. The first-order valence-corrected chi connectivity index (χ1v) is 10.3. The van der Waals surface area contributed by atoms with E-state index in [9.17, 15) is 70.7 Å². The third-order valence-corrected chi connectivity index (χ3v) is 7.18. The van der Waals surface area contributed by atoms with Crippen molar-refractivity contribution >= 4 is 5.97 Å². The molecule has 2 aliphatic rings. The predicted molar refractivity (Wildman–Crippen MR) is 89.3 cm³/mol. The van der Waals surface area contributed by atoms with Gasteiger partial charge in [-0.15, -0.1) is 0 Å². The average molecular weight is 564 g/mol. The van der Waals surface area contributed by atoms with Crippen molar-refractivity contribution in [1.82, 2.24) is 0 Å².